The van der Waals surface area contributed by atoms with Crippen LogP contribution in [0.1, 0.15) is 11.1 Å². The first-order valence-electron chi connectivity index (χ1n) is 10.5. The van der Waals surface area contributed by atoms with E-state index in [1.807, 2.05) is 0 Å². The van der Waals surface area contributed by atoms with Crippen molar-refractivity contribution in [2.75, 3.05) is 6.61 Å². The van der Waals surface area contributed by atoms with E-state index in [0.29, 0.717) is 11.1 Å². The Morgan fingerprint density at radius 3 is 1.81 bits per heavy atom. The number of aliphatic hydroxyl groups is 3. The lowest BCUT2D eigenvalue weighted by molar-refractivity contribution is -0.291. The summed E-state index contributed by atoms with van der Waals surface area (Å²) >= 11 is 0. The highest BCUT2D eigenvalue weighted by Gasteiger charge is 2.45. The van der Waals surface area contributed by atoms with Crippen LogP contribution in [-0.2, 0) is 23.8 Å². The SMILES string of the molecule is O=C(/C=C/c1ccc(O)c(O)c1)OC[C@H]1O[C@@H](OC(=O)/C=C/c2ccc(O)c(O)c2)[C@H](O)[C@@H](O)[C@@H]1O. The number of hydrogen-bond acceptors (Lipinski definition) is 12. The van der Waals surface area contributed by atoms with Crippen LogP contribution < -0.4 is 0 Å². The number of benzene rings is 2. The molecule has 1 heterocycles. The highest BCUT2D eigenvalue weighted by molar-refractivity contribution is 5.87. The Hall–Kier alpha value is -4.10. The molecule has 1 aliphatic rings. The highest BCUT2D eigenvalue weighted by atomic mass is 16.7. The van der Waals surface area contributed by atoms with Crippen molar-refractivity contribution in [1.29, 1.82) is 0 Å². The highest BCUT2D eigenvalue weighted by Crippen LogP contribution is 2.27. The number of aromatic hydroxyl groups is 4. The minimum absolute atomic E-state index is 0.329. The van der Waals surface area contributed by atoms with Crippen molar-refractivity contribution in [1.82, 2.24) is 0 Å². The number of rotatable bonds is 7. The quantitative estimate of drug-likeness (QED) is 0.153. The van der Waals surface area contributed by atoms with E-state index in [9.17, 15) is 45.3 Å². The van der Waals surface area contributed by atoms with Crippen LogP contribution in [0.15, 0.2) is 48.6 Å². The molecule has 0 unspecified atom stereocenters. The molecule has 0 aliphatic carbocycles. The maximum absolute atomic E-state index is 12.1. The van der Waals surface area contributed by atoms with Crippen molar-refractivity contribution >= 4 is 24.1 Å². The van der Waals surface area contributed by atoms with Gasteiger partial charge in [-0.1, -0.05) is 12.1 Å². The molecular weight excluding hydrogens is 480 g/mol. The minimum Gasteiger partial charge on any atom is -0.504 e. The predicted molar refractivity (Wildman–Crippen MR) is 121 cm³/mol. The molecular formula is C24H24O12. The number of aliphatic hydroxyl groups excluding tert-OH is 3. The van der Waals surface area contributed by atoms with Crippen LogP contribution >= 0.6 is 0 Å². The van der Waals surface area contributed by atoms with Gasteiger partial charge in [-0.15, -0.1) is 0 Å². The second-order valence-corrected chi connectivity index (χ2v) is 7.74. The summed E-state index contributed by atoms with van der Waals surface area (Å²) in [6.07, 6.45) is -3.81. The molecule has 1 fully saturated rings. The molecule has 2 aromatic carbocycles. The fourth-order valence-corrected chi connectivity index (χ4v) is 3.13. The van der Waals surface area contributed by atoms with Gasteiger partial charge in [0.2, 0.25) is 6.29 Å². The van der Waals surface area contributed by atoms with E-state index < -0.39 is 55.0 Å². The Balaban J connectivity index is 1.57. The molecule has 0 amide bonds. The Morgan fingerprint density at radius 1 is 0.750 bits per heavy atom. The molecule has 0 radical (unpaired) electrons. The summed E-state index contributed by atoms with van der Waals surface area (Å²) in [6.45, 7) is -0.564. The number of carbonyl (C=O) groups is 2. The smallest absolute Gasteiger partial charge is 0.333 e. The largest absolute Gasteiger partial charge is 0.504 e. The zero-order chi connectivity index (χ0) is 26.4. The van der Waals surface area contributed by atoms with Crippen LogP contribution in [-0.4, -0.2) is 85.0 Å². The zero-order valence-corrected chi connectivity index (χ0v) is 18.5. The monoisotopic (exact) mass is 504 g/mol. The maximum atomic E-state index is 12.1. The third-order valence-electron chi connectivity index (χ3n) is 5.11. The van der Waals surface area contributed by atoms with Gasteiger partial charge in [0.1, 0.15) is 31.0 Å². The van der Waals surface area contributed by atoms with E-state index in [0.717, 1.165) is 12.2 Å². The van der Waals surface area contributed by atoms with E-state index in [-0.39, 0.29) is 17.2 Å². The van der Waals surface area contributed by atoms with E-state index >= 15 is 0 Å². The molecule has 3 rings (SSSR count). The lowest BCUT2D eigenvalue weighted by Crippen LogP contribution is -2.59. The summed E-state index contributed by atoms with van der Waals surface area (Å²) in [4.78, 5) is 24.1. The fraction of sp³-hybridized carbons (Fsp3) is 0.250. The van der Waals surface area contributed by atoms with Crippen molar-refractivity contribution < 1.29 is 59.5 Å². The molecule has 0 saturated carbocycles. The standard InChI is InChI=1S/C24H24O12/c25-14-5-1-12(9-16(14)27)3-7-19(29)34-11-18-21(31)22(32)23(33)24(35-18)36-20(30)8-4-13-2-6-15(26)17(28)10-13/h1-10,18,21-28,31-33H,11H2/b7-3+,8-4+/t18-,21-,22+,23-,24+/m1/s1. The zero-order valence-electron chi connectivity index (χ0n) is 18.5. The average Bonchev–Trinajstić information content (AvgIpc) is 2.85. The molecule has 1 saturated heterocycles. The minimum atomic E-state index is -1.80. The number of phenols is 4. The summed E-state index contributed by atoms with van der Waals surface area (Å²) in [5.74, 6) is -3.32. The molecule has 0 bridgehead atoms. The Morgan fingerprint density at radius 2 is 1.28 bits per heavy atom. The van der Waals surface area contributed by atoms with Gasteiger partial charge in [0.05, 0.1) is 0 Å². The van der Waals surface area contributed by atoms with Gasteiger partial charge in [-0.2, -0.15) is 0 Å². The van der Waals surface area contributed by atoms with Gasteiger partial charge in [-0.05, 0) is 47.5 Å². The molecule has 12 heteroatoms. The molecule has 192 valence electrons. The molecule has 5 atom stereocenters. The van der Waals surface area contributed by atoms with Crippen LogP contribution in [0.3, 0.4) is 0 Å². The predicted octanol–water partition coefficient (Wildman–Crippen LogP) is 0.130. The summed E-state index contributed by atoms with van der Waals surface area (Å²) in [5, 5.41) is 67.9. The normalized spacial score (nSPS) is 24.1. The van der Waals surface area contributed by atoms with Gasteiger partial charge in [-0.3, -0.25) is 0 Å². The third-order valence-corrected chi connectivity index (χ3v) is 5.11. The van der Waals surface area contributed by atoms with E-state index in [4.69, 9.17) is 14.2 Å². The fourth-order valence-electron chi connectivity index (χ4n) is 3.13. The summed E-state index contributed by atoms with van der Waals surface area (Å²) in [5.41, 5.74) is 0.737. The molecule has 12 nitrogen and oxygen atoms in total. The lowest BCUT2D eigenvalue weighted by Gasteiger charge is -2.39. The lowest BCUT2D eigenvalue weighted by atomic mass is 9.99. The van der Waals surface area contributed by atoms with Gasteiger partial charge in [-0.25, -0.2) is 9.59 Å². The van der Waals surface area contributed by atoms with Crippen LogP contribution in [0.25, 0.3) is 12.2 Å². The van der Waals surface area contributed by atoms with Gasteiger partial charge < -0.3 is 50.0 Å². The first kappa shape index (κ1) is 26.5. The topological polar surface area (TPSA) is 203 Å². The van der Waals surface area contributed by atoms with Crippen molar-refractivity contribution in [2.45, 2.75) is 30.7 Å². The summed E-state index contributed by atoms with van der Waals surface area (Å²) in [6, 6.07) is 7.68. The number of esters is 2. The Bertz CT molecular complexity index is 1160. The van der Waals surface area contributed by atoms with Crippen LogP contribution in [0.4, 0.5) is 0 Å². The van der Waals surface area contributed by atoms with Crippen molar-refractivity contribution in [3.8, 4) is 23.0 Å². The van der Waals surface area contributed by atoms with E-state index in [1.54, 1.807) is 0 Å². The number of phenolic OH excluding ortho intramolecular Hbond substituents is 4. The second kappa shape index (κ2) is 11.6. The molecule has 36 heavy (non-hydrogen) atoms. The van der Waals surface area contributed by atoms with Gasteiger partial charge in [0.15, 0.2) is 23.0 Å². The Kier molecular flexibility index (Phi) is 8.51. The molecule has 1 aliphatic heterocycles. The van der Waals surface area contributed by atoms with Crippen LogP contribution in [0, 0.1) is 0 Å². The van der Waals surface area contributed by atoms with Gasteiger partial charge in [0.25, 0.3) is 0 Å². The summed E-state index contributed by atoms with van der Waals surface area (Å²) < 4.78 is 15.3. The van der Waals surface area contributed by atoms with Crippen molar-refractivity contribution in [3.63, 3.8) is 0 Å². The van der Waals surface area contributed by atoms with Crippen molar-refractivity contribution in [2.24, 2.45) is 0 Å². The summed E-state index contributed by atoms with van der Waals surface area (Å²) in [7, 11) is 0. The average molecular weight is 504 g/mol. The van der Waals surface area contributed by atoms with Crippen molar-refractivity contribution in [3.05, 3.63) is 59.7 Å². The number of carbonyl (C=O) groups excluding carboxylic acids is 2. The van der Waals surface area contributed by atoms with Crippen LogP contribution in [0.5, 0.6) is 23.0 Å². The first-order valence-corrected chi connectivity index (χ1v) is 10.5. The molecule has 0 aromatic heterocycles. The van der Waals surface area contributed by atoms with Gasteiger partial charge in [0, 0.05) is 12.2 Å². The molecule has 2 aromatic rings. The Labute approximate surface area is 204 Å². The molecule has 7 N–H and O–H groups in total. The van der Waals surface area contributed by atoms with E-state index in [2.05, 4.69) is 0 Å². The maximum Gasteiger partial charge on any atom is 0.333 e. The van der Waals surface area contributed by atoms with Crippen LogP contribution in [0.2, 0.25) is 0 Å². The second-order valence-electron chi connectivity index (χ2n) is 7.74. The number of hydrogen-bond donors (Lipinski definition) is 7. The third kappa shape index (κ3) is 6.73. The first-order chi connectivity index (χ1) is 17.0. The molecule has 0 spiro atoms. The van der Waals surface area contributed by atoms with E-state index in [1.165, 1.54) is 48.6 Å². The van der Waals surface area contributed by atoms with Gasteiger partial charge >= 0.3 is 11.9 Å². The number of ether oxygens (including phenoxy) is 3.